The molecule has 0 N–H and O–H groups in total. The minimum atomic E-state index is -2.35. The molecule has 2 atom stereocenters. The van der Waals surface area contributed by atoms with Crippen LogP contribution in [0.3, 0.4) is 0 Å². The van der Waals surface area contributed by atoms with Crippen LogP contribution in [0.1, 0.15) is 13.8 Å². The van der Waals surface area contributed by atoms with E-state index in [4.69, 9.17) is 17.7 Å². The molecule has 1 saturated heterocycles. The van der Waals surface area contributed by atoms with Crippen LogP contribution >= 0.6 is 0 Å². The Balaban J connectivity index is 1.86. The molecule has 3 aliphatic rings. The first kappa shape index (κ1) is 9.42. The summed E-state index contributed by atoms with van der Waals surface area (Å²) in [7, 11) is 0. The van der Waals surface area contributed by atoms with Gasteiger partial charge in [0.25, 0.3) is 0 Å². The molecular weight excluding hydrogens is 304 g/mol. The summed E-state index contributed by atoms with van der Waals surface area (Å²) in [5.41, 5.74) is -0.316. The zero-order valence-electron chi connectivity index (χ0n) is 18.5. The van der Waals surface area contributed by atoms with E-state index < -0.39 is 60.1 Å². The van der Waals surface area contributed by atoms with Crippen LogP contribution in [0.2, 0.25) is 0 Å². The van der Waals surface area contributed by atoms with E-state index in [1.807, 2.05) is 0 Å². The molecule has 120 valence electrons. The molecule has 0 unspecified atom stereocenters. The summed E-state index contributed by atoms with van der Waals surface area (Å²) >= 11 is 0. The Labute approximate surface area is 148 Å². The summed E-state index contributed by atoms with van der Waals surface area (Å²) in [6.45, 7) is -0.586. The Morgan fingerprint density at radius 3 is 2.96 bits per heavy atom. The van der Waals surface area contributed by atoms with Gasteiger partial charge in [-0.15, -0.1) is 0 Å². The van der Waals surface area contributed by atoms with Crippen molar-refractivity contribution in [3.63, 3.8) is 0 Å². The summed E-state index contributed by atoms with van der Waals surface area (Å²) in [5.74, 6) is -6.52. The van der Waals surface area contributed by atoms with Gasteiger partial charge in [-0.2, -0.15) is 0 Å². The fraction of sp³-hybridized carbons (Fsp3) is 0.200. The SMILES string of the molecule is [2H]C1=C([2H])C([2H])=C([2H])[C@@]2([2H])C1=C[C@@]1([2H])C(=O)OCC1=C2C(=O)OCc1ccccc1. The molecule has 4 rings (SSSR count). The Kier molecular flexibility index (Phi) is 2.34. The van der Waals surface area contributed by atoms with E-state index in [2.05, 4.69) is 0 Å². The van der Waals surface area contributed by atoms with E-state index in [0.717, 1.165) is 6.08 Å². The van der Waals surface area contributed by atoms with Crippen LogP contribution in [0, 0.1) is 11.8 Å². The van der Waals surface area contributed by atoms with Gasteiger partial charge in [0.05, 0.1) is 12.4 Å². The minimum Gasteiger partial charge on any atom is -0.460 e. The Morgan fingerprint density at radius 2 is 2.12 bits per heavy atom. The lowest BCUT2D eigenvalue weighted by atomic mass is 9.76. The van der Waals surface area contributed by atoms with Crippen molar-refractivity contribution in [3.8, 4) is 0 Å². The highest BCUT2D eigenvalue weighted by atomic mass is 16.5. The highest BCUT2D eigenvalue weighted by molar-refractivity contribution is 5.96. The molecule has 1 aliphatic heterocycles. The quantitative estimate of drug-likeness (QED) is 0.802. The number of rotatable bonds is 3. The molecule has 1 fully saturated rings. The molecule has 1 heterocycles. The number of ether oxygens (including phenoxy) is 2. The second-order valence-electron chi connectivity index (χ2n) is 5.34. The third-order valence-electron chi connectivity index (χ3n) is 3.87. The number of hydrogen-bond acceptors (Lipinski definition) is 4. The van der Waals surface area contributed by atoms with E-state index >= 15 is 0 Å². The largest absolute Gasteiger partial charge is 0.460 e. The summed E-state index contributed by atoms with van der Waals surface area (Å²) < 4.78 is 60.1. The summed E-state index contributed by atoms with van der Waals surface area (Å²) in [4.78, 5) is 25.4. The molecule has 0 bridgehead atoms. The standard InChI is InChI=1S/C20H16O4/c21-19-16-10-14-8-4-5-9-15(14)18(17(16)12-24-19)20(22)23-11-13-6-2-1-3-7-13/h1-10,15-16H,11-12H2/t15-,16+/m0/s1/i4D,5D,8D,9D,15D,16D. The second-order valence-corrected chi connectivity index (χ2v) is 5.34. The lowest BCUT2D eigenvalue weighted by molar-refractivity contribution is -0.141. The molecule has 0 radical (unpaired) electrons. The van der Waals surface area contributed by atoms with Gasteiger partial charge in [-0.3, -0.25) is 4.79 Å². The molecule has 1 aromatic carbocycles. The molecule has 0 spiro atoms. The monoisotopic (exact) mass is 326 g/mol. The number of benzene rings is 1. The van der Waals surface area contributed by atoms with Crippen LogP contribution in [0.5, 0.6) is 0 Å². The van der Waals surface area contributed by atoms with Crippen molar-refractivity contribution in [2.75, 3.05) is 6.61 Å². The number of fused-ring (bicyclic) bond motifs is 2. The predicted molar refractivity (Wildman–Crippen MR) is 87.6 cm³/mol. The van der Waals surface area contributed by atoms with Crippen LogP contribution in [-0.2, 0) is 25.7 Å². The Morgan fingerprint density at radius 1 is 1.29 bits per heavy atom. The van der Waals surface area contributed by atoms with E-state index in [1.54, 1.807) is 30.3 Å². The molecule has 24 heavy (non-hydrogen) atoms. The molecule has 0 amide bonds. The maximum absolute atomic E-state index is 13.1. The van der Waals surface area contributed by atoms with E-state index in [0.29, 0.717) is 5.56 Å². The van der Waals surface area contributed by atoms with Gasteiger partial charge < -0.3 is 9.47 Å². The third kappa shape index (κ3) is 2.50. The van der Waals surface area contributed by atoms with Crippen LogP contribution in [0.15, 0.2) is 77.3 Å². The average Bonchev–Trinajstić information content (AvgIpc) is 3.03. The molecule has 2 aliphatic carbocycles. The number of hydrogen-bond donors (Lipinski definition) is 0. The first-order valence-electron chi connectivity index (χ1n) is 10.3. The van der Waals surface area contributed by atoms with Crippen molar-refractivity contribution >= 4 is 11.9 Å². The van der Waals surface area contributed by atoms with Crippen molar-refractivity contribution in [3.05, 3.63) is 82.9 Å². The van der Waals surface area contributed by atoms with E-state index in [9.17, 15) is 9.59 Å². The lowest BCUT2D eigenvalue weighted by Crippen LogP contribution is -2.25. The molecule has 1 aromatic rings. The van der Waals surface area contributed by atoms with Crippen molar-refractivity contribution < 1.29 is 27.3 Å². The van der Waals surface area contributed by atoms with Crippen LogP contribution in [0.4, 0.5) is 0 Å². The van der Waals surface area contributed by atoms with Crippen molar-refractivity contribution in [1.29, 1.82) is 0 Å². The maximum atomic E-state index is 13.1. The number of esters is 2. The highest BCUT2D eigenvalue weighted by Gasteiger charge is 2.41. The summed E-state index contributed by atoms with van der Waals surface area (Å²) in [6, 6.07) is 6.15. The Hall–Kier alpha value is -2.88. The smallest absolute Gasteiger partial charge is 0.335 e. The second kappa shape index (κ2) is 5.96. The van der Waals surface area contributed by atoms with Crippen LogP contribution in [-0.4, -0.2) is 18.5 Å². The molecule has 4 nitrogen and oxygen atoms in total. The summed E-state index contributed by atoms with van der Waals surface area (Å²) in [6.07, 6.45) is 0.983. The van der Waals surface area contributed by atoms with Crippen molar-refractivity contribution in [1.82, 2.24) is 0 Å². The zero-order valence-corrected chi connectivity index (χ0v) is 12.5. The normalized spacial score (nSPS) is 35.5. The van der Waals surface area contributed by atoms with Crippen LogP contribution in [0.25, 0.3) is 0 Å². The van der Waals surface area contributed by atoms with Gasteiger partial charge in [0.2, 0.25) is 0 Å². The van der Waals surface area contributed by atoms with Gasteiger partial charge in [0.15, 0.2) is 0 Å². The number of allylic oxidation sites excluding steroid dienone is 5. The zero-order chi connectivity index (χ0) is 21.8. The van der Waals surface area contributed by atoms with Gasteiger partial charge in [-0.05, 0) is 16.7 Å². The number of carbonyl (C=O) groups is 2. The maximum Gasteiger partial charge on any atom is 0.335 e. The number of carbonyl (C=O) groups excluding carboxylic acids is 2. The van der Waals surface area contributed by atoms with Crippen LogP contribution < -0.4 is 0 Å². The first-order valence-corrected chi connectivity index (χ1v) is 7.34. The predicted octanol–water partition coefficient (Wildman–Crippen LogP) is 2.88. The summed E-state index contributed by atoms with van der Waals surface area (Å²) in [5, 5.41) is 0. The topological polar surface area (TPSA) is 52.6 Å². The average molecular weight is 326 g/mol. The molecule has 0 saturated carbocycles. The minimum absolute atomic E-state index is 0.149. The third-order valence-corrected chi connectivity index (χ3v) is 3.87. The number of cyclic esters (lactones) is 1. The molecular formula is C20H16O4. The van der Waals surface area contributed by atoms with Gasteiger partial charge in [0, 0.05) is 7.26 Å². The van der Waals surface area contributed by atoms with Gasteiger partial charge in [-0.25, -0.2) is 4.79 Å². The van der Waals surface area contributed by atoms with Gasteiger partial charge in [-0.1, -0.05) is 60.6 Å². The van der Waals surface area contributed by atoms with E-state index in [1.165, 1.54) is 0 Å². The lowest BCUT2D eigenvalue weighted by Gasteiger charge is -2.26. The first-order chi connectivity index (χ1) is 14.1. The highest BCUT2D eigenvalue weighted by Crippen LogP contribution is 2.40. The fourth-order valence-electron chi connectivity index (χ4n) is 2.71. The molecule has 0 aromatic heterocycles. The van der Waals surface area contributed by atoms with Gasteiger partial charge >= 0.3 is 11.9 Å². The molecule has 4 heteroatoms. The van der Waals surface area contributed by atoms with E-state index in [-0.39, 0.29) is 17.8 Å². The van der Waals surface area contributed by atoms with Gasteiger partial charge in [0.1, 0.15) is 19.1 Å². The fourth-order valence-corrected chi connectivity index (χ4v) is 2.71. The Bertz CT molecular complexity index is 1100. The van der Waals surface area contributed by atoms with Crippen molar-refractivity contribution in [2.24, 2.45) is 11.8 Å². The van der Waals surface area contributed by atoms with Crippen molar-refractivity contribution in [2.45, 2.75) is 6.61 Å².